The van der Waals surface area contributed by atoms with Gasteiger partial charge in [0.25, 0.3) is 5.56 Å². The van der Waals surface area contributed by atoms with Crippen LogP contribution in [0.25, 0.3) is 11.0 Å². The van der Waals surface area contributed by atoms with Crippen LogP contribution >= 0.6 is 11.6 Å². The number of H-pyrrole nitrogens is 1. The van der Waals surface area contributed by atoms with E-state index in [0.29, 0.717) is 29.9 Å². The van der Waals surface area contributed by atoms with Crippen molar-refractivity contribution < 1.29 is 0 Å². The minimum atomic E-state index is 0.164. The van der Waals surface area contributed by atoms with E-state index in [-0.39, 0.29) is 5.56 Å². The maximum Gasteiger partial charge on any atom is 0.255 e. The van der Waals surface area contributed by atoms with Crippen LogP contribution in [0.1, 0.15) is 29.4 Å². The molecule has 0 saturated carbocycles. The predicted molar refractivity (Wildman–Crippen MR) is 111 cm³/mol. The molecule has 1 fully saturated rings. The number of piperidine rings is 1. The summed E-state index contributed by atoms with van der Waals surface area (Å²) in [4.78, 5) is 23.1. The minimum absolute atomic E-state index is 0.164. The summed E-state index contributed by atoms with van der Waals surface area (Å²) < 4.78 is 2.02. The molecule has 0 radical (unpaired) electrons. The summed E-state index contributed by atoms with van der Waals surface area (Å²) in [7, 11) is 2.02. The van der Waals surface area contributed by atoms with Gasteiger partial charge in [-0.2, -0.15) is 0 Å². The Kier molecular flexibility index (Phi) is 4.50. The molecule has 2 aliphatic heterocycles. The van der Waals surface area contributed by atoms with Crippen molar-refractivity contribution in [1.29, 1.82) is 0 Å². The number of hydrogen-bond acceptors (Lipinski definition) is 4. The lowest BCUT2D eigenvalue weighted by Crippen LogP contribution is -2.45. The molecule has 2 aliphatic rings. The number of imidazole rings is 1. The van der Waals surface area contributed by atoms with Crippen molar-refractivity contribution in [3.63, 3.8) is 0 Å². The molecule has 0 aliphatic carbocycles. The zero-order valence-electron chi connectivity index (χ0n) is 15.9. The van der Waals surface area contributed by atoms with E-state index in [1.54, 1.807) is 0 Å². The number of benzene rings is 1. The predicted octanol–water partition coefficient (Wildman–Crippen LogP) is 2.72. The fourth-order valence-corrected chi connectivity index (χ4v) is 4.84. The summed E-state index contributed by atoms with van der Waals surface area (Å²) in [5.74, 6) is 1.91. The van der Waals surface area contributed by atoms with Crippen molar-refractivity contribution >= 4 is 22.6 Å². The van der Waals surface area contributed by atoms with Gasteiger partial charge >= 0.3 is 0 Å². The van der Waals surface area contributed by atoms with Gasteiger partial charge in [-0.25, -0.2) is 4.98 Å². The lowest BCUT2D eigenvalue weighted by atomic mass is 9.84. The summed E-state index contributed by atoms with van der Waals surface area (Å²) in [6, 6.07) is 9.81. The van der Waals surface area contributed by atoms with Crippen LogP contribution in [0.15, 0.2) is 35.1 Å². The molecule has 2 N–H and O–H groups in total. The number of rotatable bonds is 4. The molecule has 6 nitrogen and oxygen atoms in total. The van der Waals surface area contributed by atoms with Crippen LogP contribution in [0.3, 0.4) is 0 Å². The number of aromatic amines is 1. The SMILES string of the molecule is CN(Cc1nc2ccc(Cl)cc2[nH]1)Cc1ccc2n(c1=O)C[C@@H]1CNC[C@H]2C1. The molecule has 5 rings (SSSR count). The van der Waals surface area contributed by atoms with Crippen LogP contribution < -0.4 is 10.9 Å². The Morgan fingerprint density at radius 2 is 2.14 bits per heavy atom. The molecule has 4 heterocycles. The molecule has 2 bridgehead atoms. The highest BCUT2D eigenvalue weighted by Gasteiger charge is 2.31. The molecular weight excluding hydrogens is 374 g/mol. The smallest absolute Gasteiger partial charge is 0.255 e. The second kappa shape index (κ2) is 7.03. The largest absolute Gasteiger partial charge is 0.341 e. The van der Waals surface area contributed by atoms with Crippen LogP contribution in [-0.2, 0) is 19.6 Å². The molecule has 0 unspecified atom stereocenters. The highest BCUT2D eigenvalue weighted by atomic mass is 35.5. The third-order valence-electron chi connectivity index (χ3n) is 5.94. The molecular formula is C21H24ClN5O. The van der Waals surface area contributed by atoms with Gasteiger partial charge in [0, 0.05) is 41.8 Å². The number of hydrogen-bond donors (Lipinski definition) is 2. The van der Waals surface area contributed by atoms with E-state index < -0.39 is 0 Å². The lowest BCUT2D eigenvalue weighted by molar-refractivity contribution is 0.254. The van der Waals surface area contributed by atoms with Crippen LogP contribution in [0.2, 0.25) is 5.02 Å². The van der Waals surface area contributed by atoms with Crippen molar-refractivity contribution in [2.24, 2.45) is 5.92 Å². The molecule has 28 heavy (non-hydrogen) atoms. The van der Waals surface area contributed by atoms with Gasteiger partial charge in [0.05, 0.1) is 17.6 Å². The van der Waals surface area contributed by atoms with Gasteiger partial charge in [0.15, 0.2) is 0 Å². The van der Waals surface area contributed by atoms with E-state index in [9.17, 15) is 4.79 Å². The zero-order valence-corrected chi connectivity index (χ0v) is 16.7. The third-order valence-corrected chi connectivity index (χ3v) is 6.18. The summed E-state index contributed by atoms with van der Waals surface area (Å²) in [6.45, 7) is 4.07. The summed E-state index contributed by atoms with van der Waals surface area (Å²) in [6.07, 6.45) is 1.20. The van der Waals surface area contributed by atoms with E-state index in [0.717, 1.165) is 42.1 Å². The van der Waals surface area contributed by atoms with Crippen LogP contribution in [0.4, 0.5) is 0 Å². The summed E-state index contributed by atoms with van der Waals surface area (Å²) in [5, 5.41) is 4.19. The van der Waals surface area contributed by atoms with Crippen molar-refractivity contribution in [2.75, 3.05) is 20.1 Å². The summed E-state index contributed by atoms with van der Waals surface area (Å²) in [5.41, 5.74) is 4.04. The van der Waals surface area contributed by atoms with E-state index in [2.05, 4.69) is 26.3 Å². The standard InChI is InChI=1S/C21H24ClN5O/c1-26(12-20-24-17-4-3-16(22)7-18(17)25-20)11-14-2-5-19-15-6-13(8-23-9-15)10-27(19)21(14)28/h2-5,7,13,15,23H,6,8-12H2,1H3,(H,24,25)/t13-,15+/m0/s1. The van der Waals surface area contributed by atoms with Gasteiger partial charge in [0.1, 0.15) is 5.82 Å². The highest BCUT2D eigenvalue weighted by Crippen LogP contribution is 2.31. The van der Waals surface area contributed by atoms with Gasteiger partial charge < -0.3 is 14.9 Å². The molecule has 2 aromatic heterocycles. The quantitative estimate of drug-likeness (QED) is 0.710. The van der Waals surface area contributed by atoms with Crippen molar-refractivity contribution in [1.82, 2.24) is 24.8 Å². The molecule has 0 amide bonds. The fourth-order valence-electron chi connectivity index (χ4n) is 4.67. The van der Waals surface area contributed by atoms with Crippen molar-refractivity contribution in [3.8, 4) is 0 Å². The Morgan fingerprint density at radius 1 is 1.25 bits per heavy atom. The van der Waals surface area contributed by atoms with Gasteiger partial charge in [-0.3, -0.25) is 9.69 Å². The molecule has 7 heteroatoms. The number of nitrogens with zero attached hydrogens (tertiary/aromatic N) is 3. The monoisotopic (exact) mass is 397 g/mol. The molecule has 1 aromatic carbocycles. The average Bonchev–Trinajstić information content (AvgIpc) is 3.06. The third kappa shape index (κ3) is 3.26. The highest BCUT2D eigenvalue weighted by molar-refractivity contribution is 6.31. The lowest BCUT2D eigenvalue weighted by Gasteiger charge is -2.37. The van der Waals surface area contributed by atoms with Crippen LogP contribution in [0.5, 0.6) is 0 Å². The summed E-state index contributed by atoms with van der Waals surface area (Å²) >= 11 is 6.05. The van der Waals surface area contributed by atoms with Gasteiger partial charge in [0.2, 0.25) is 0 Å². The van der Waals surface area contributed by atoms with E-state index >= 15 is 0 Å². The van der Waals surface area contributed by atoms with Gasteiger partial charge in [-0.05, 0) is 50.2 Å². The first-order valence-corrected chi connectivity index (χ1v) is 10.2. The second-order valence-electron chi connectivity index (χ2n) is 8.17. The Hall–Kier alpha value is -2.15. The Labute approximate surface area is 168 Å². The molecule has 3 aromatic rings. The Morgan fingerprint density at radius 3 is 3.04 bits per heavy atom. The first kappa shape index (κ1) is 17.9. The Bertz CT molecular complexity index is 1090. The number of halogens is 1. The molecule has 2 atom stereocenters. The van der Waals surface area contributed by atoms with Crippen molar-refractivity contribution in [3.05, 3.63) is 62.8 Å². The number of fused-ring (bicyclic) bond motifs is 5. The first-order valence-electron chi connectivity index (χ1n) is 9.83. The van der Waals surface area contributed by atoms with Gasteiger partial charge in [-0.1, -0.05) is 17.7 Å². The molecule has 146 valence electrons. The second-order valence-corrected chi connectivity index (χ2v) is 8.61. The zero-order chi connectivity index (χ0) is 19.3. The van der Waals surface area contributed by atoms with E-state index in [1.807, 2.05) is 35.9 Å². The van der Waals surface area contributed by atoms with Gasteiger partial charge in [-0.15, -0.1) is 0 Å². The normalized spacial score (nSPS) is 21.2. The van der Waals surface area contributed by atoms with Crippen LogP contribution in [0, 0.1) is 5.92 Å². The maximum atomic E-state index is 13.1. The topological polar surface area (TPSA) is 66.0 Å². The van der Waals surface area contributed by atoms with Crippen LogP contribution in [-0.4, -0.2) is 39.6 Å². The number of aromatic nitrogens is 3. The minimum Gasteiger partial charge on any atom is -0.341 e. The molecule has 1 saturated heterocycles. The number of nitrogens with one attached hydrogen (secondary N) is 2. The number of pyridine rings is 1. The fraction of sp³-hybridized carbons (Fsp3) is 0.429. The molecule has 0 spiro atoms. The van der Waals surface area contributed by atoms with Crippen molar-refractivity contribution in [2.45, 2.75) is 32.0 Å². The first-order chi connectivity index (χ1) is 13.6. The van der Waals surface area contributed by atoms with E-state index in [4.69, 9.17) is 11.6 Å². The maximum absolute atomic E-state index is 13.1. The van der Waals surface area contributed by atoms with E-state index in [1.165, 1.54) is 12.1 Å². The average molecular weight is 398 g/mol. The Balaban J connectivity index is 1.35.